The quantitative estimate of drug-likeness (QED) is 0.172. The third kappa shape index (κ3) is 7.89. The number of carbonyl (C=O) groups excluding carboxylic acids is 2. The summed E-state index contributed by atoms with van der Waals surface area (Å²) < 4.78 is 16.5. The monoisotopic (exact) mass is 505 g/mol. The smallest absolute Gasteiger partial charge is 0.338 e. The maximum absolute atomic E-state index is 12.3. The van der Waals surface area contributed by atoms with Crippen molar-refractivity contribution in [1.29, 1.82) is 0 Å². The summed E-state index contributed by atoms with van der Waals surface area (Å²) >= 11 is 0. The summed E-state index contributed by atoms with van der Waals surface area (Å²) in [6.45, 7) is 4.47. The van der Waals surface area contributed by atoms with Crippen molar-refractivity contribution in [3.8, 4) is 11.5 Å². The summed E-state index contributed by atoms with van der Waals surface area (Å²) in [6.07, 6.45) is 1.44. The van der Waals surface area contributed by atoms with Gasteiger partial charge in [0, 0.05) is 23.3 Å². The lowest BCUT2D eigenvalue weighted by Crippen LogP contribution is -2.17. The molecule has 0 radical (unpaired) electrons. The molecule has 0 aliphatic heterocycles. The van der Waals surface area contributed by atoms with Crippen LogP contribution in [-0.2, 0) is 11.3 Å². The van der Waals surface area contributed by atoms with Crippen LogP contribution in [0.25, 0.3) is 0 Å². The average molecular weight is 506 g/mol. The van der Waals surface area contributed by atoms with Crippen LogP contribution in [0.1, 0.15) is 45.7 Å². The Labute approximate surface area is 214 Å². The van der Waals surface area contributed by atoms with Crippen LogP contribution in [-0.4, -0.2) is 36.7 Å². The predicted molar refractivity (Wildman–Crippen MR) is 137 cm³/mol. The van der Waals surface area contributed by atoms with Gasteiger partial charge in [-0.05, 0) is 60.0 Å². The van der Waals surface area contributed by atoms with Gasteiger partial charge in [0.1, 0.15) is 18.1 Å². The van der Waals surface area contributed by atoms with Gasteiger partial charge >= 0.3 is 5.97 Å². The van der Waals surface area contributed by atoms with E-state index >= 15 is 0 Å². The summed E-state index contributed by atoms with van der Waals surface area (Å²) in [5.74, 6) is 0.462. The van der Waals surface area contributed by atoms with Crippen molar-refractivity contribution in [2.24, 2.45) is 11.0 Å². The molecule has 1 amide bonds. The molecular weight excluding hydrogens is 478 g/mol. The van der Waals surface area contributed by atoms with E-state index < -0.39 is 10.8 Å². The van der Waals surface area contributed by atoms with Crippen LogP contribution in [0.2, 0.25) is 0 Å². The van der Waals surface area contributed by atoms with Gasteiger partial charge in [-0.25, -0.2) is 10.2 Å². The largest absolute Gasteiger partial charge is 0.496 e. The number of nitro benzene ring substituents is 1. The first-order valence-electron chi connectivity index (χ1n) is 11.4. The highest BCUT2D eigenvalue weighted by atomic mass is 16.6. The SMILES string of the molecule is COc1ccc(C=NNC(=O)c2cccc([N+](=O)[O-])c2)cc1COc1ccc(C(=O)OCC(C)C)cc1. The summed E-state index contributed by atoms with van der Waals surface area (Å²) in [7, 11) is 1.55. The van der Waals surface area contributed by atoms with Crippen molar-refractivity contribution in [3.63, 3.8) is 0 Å². The molecule has 0 bridgehead atoms. The van der Waals surface area contributed by atoms with E-state index in [0.717, 1.165) is 5.56 Å². The van der Waals surface area contributed by atoms with E-state index in [1.54, 1.807) is 49.6 Å². The second-order valence-electron chi connectivity index (χ2n) is 8.38. The van der Waals surface area contributed by atoms with Crippen LogP contribution >= 0.6 is 0 Å². The van der Waals surface area contributed by atoms with Crippen LogP contribution in [0.15, 0.2) is 71.8 Å². The van der Waals surface area contributed by atoms with Gasteiger partial charge in [-0.1, -0.05) is 19.9 Å². The molecule has 1 N–H and O–H groups in total. The zero-order chi connectivity index (χ0) is 26.8. The molecule has 0 saturated heterocycles. The normalized spacial score (nSPS) is 10.8. The highest BCUT2D eigenvalue weighted by Crippen LogP contribution is 2.22. The molecule has 10 nitrogen and oxygen atoms in total. The van der Waals surface area contributed by atoms with E-state index in [0.29, 0.717) is 29.2 Å². The second-order valence-corrected chi connectivity index (χ2v) is 8.38. The maximum atomic E-state index is 12.3. The van der Waals surface area contributed by atoms with Gasteiger partial charge in [-0.15, -0.1) is 0 Å². The van der Waals surface area contributed by atoms with E-state index in [-0.39, 0.29) is 29.7 Å². The number of benzene rings is 3. The maximum Gasteiger partial charge on any atom is 0.338 e. The lowest BCUT2D eigenvalue weighted by molar-refractivity contribution is -0.384. The van der Waals surface area contributed by atoms with Crippen LogP contribution in [0, 0.1) is 16.0 Å². The minimum atomic E-state index is -0.575. The minimum Gasteiger partial charge on any atom is -0.496 e. The van der Waals surface area contributed by atoms with E-state index in [2.05, 4.69) is 10.5 Å². The standard InChI is InChI=1S/C27H27N3O7/c1-18(2)16-37-27(32)20-8-10-24(11-9-20)36-17-22-13-19(7-12-25(22)35-3)15-28-29-26(31)21-5-4-6-23(14-21)30(33)34/h4-15,18H,16-17H2,1-3H3,(H,29,31). The van der Waals surface area contributed by atoms with Crippen molar-refractivity contribution >= 4 is 23.8 Å². The van der Waals surface area contributed by atoms with Crippen molar-refractivity contribution in [3.05, 3.63) is 99.1 Å². The molecule has 0 heterocycles. The highest BCUT2D eigenvalue weighted by molar-refractivity contribution is 5.95. The average Bonchev–Trinajstić information content (AvgIpc) is 2.90. The number of methoxy groups -OCH3 is 1. The molecule has 0 aliphatic rings. The molecule has 37 heavy (non-hydrogen) atoms. The Morgan fingerprint density at radius 2 is 1.81 bits per heavy atom. The fourth-order valence-electron chi connectivity index (χ4n) is 3.16. The number of hydrogen-bond donors (Lipinski definition) is 1. The number of nitrogens with one attached hydrogen (secondary N) is 1. The lowest BCUT2D eigenvalue weighted by atomic mass is 10.1. The number of rotatable bonds is 11. The van der Waals surface area contributed by atoms with Crippen LogP contribution in [0.4, 0.5) is 5.69 Å². The van der Waals surface area contributed by atoms with Gasteiger partial charge in [0.05, 0.1) is 30.4 Å². The van der Waals surface area contributed by atoms with Gasteiger partial charge in [-0.2, -0.15) is 5.10 Å². The van der Waals surface area contributed by atoms with E-state index in [9.17, 15) is 19.7 Å². The van der Waals surface area contributed by atoms with Crippen LogP contribution < -0.4 is 14.9 Å². The van der Waals surface area contributed by atoms with Crippen LogP contribution in [0.5, 0.6) is 11.5 Å². The third-order valence-electron chi connectivity index (χ3n) is 5.04. The van der Waals surface area contributed by atoms with Crippen molar-refractivity contribution in [2.75, 3.05) is 13.7 Å². The van der Waals surface area contributed by atoms with Crippen molar-refractivity contribution < 1.29 is 28.7 Å². The number of esters is 1. The van der Waals surface area contributed by atoms with Gasteiger partial charge in [0.2, 0.25) is 0 Å². The molecule has 0 aromatic heterocycles. The summed E-state index contributed by atoms with van der Waals surface area (Å²) in [5.41, 5.74) is 4.14. The number of non-ortho nitro benzene ring substituents is 1. The Hall–Kier alpha value is -4.73. The van der Waals surface area contributed by atoms with Gasteiger partial charge < -0.3 is 14.2 Å². The van der Waals surface area contributed by atoms with Gasteiger partial charge in [-0.3, -0.25) is 14.9 Å². The highest BCUT2D eigenvalue weighted by Gasteiger charge is 2.12. The molecule has 0 atom stereocenters. The molecule has 0 spiro atoms. The first-order valence-corrected chi connectivity index (χ1v) is 11.4. The molecule has 3 aromatic carbocycles. The first-order chi connectivity index (χ1) is 17.8. The summed E-state index contributed by atoms with van der Waals surface area (Å²) in [6, 6.07) is 17.3. The van der Waals surface area contributed by atoms with E-state index in [1.807, 2.05) is 13.8 Å². The summed E-state index contributed by atoms with van der Waals surface area (Å²) in [4.78, 5) is 34.6. The Kier molecular flexibility index (Phi) is 9.31. The van der Waals surface area contributed by atoms with Crippen molar-refractivity contribution in [1.82, 2.24) is 5.43 Å². The van der Waals surface area contributed by atoms with E-state index in [1.165, 1.54) is 30.5 Å². The van der Waals surface area contributed by atoms with Crippen LogP contribution in [0.3, 0.4) is 0 Å². The molecule has 192 valence electrons. The molecule has 3 aromatic rings. The van der Waals surface area contributed by atoms with Gasteiger partial charge in [0.25, 0.3) is 11.6 Å². The number of ether oxygens (including phenoxy) is 3. The molecule has 3 rings (SSSR count). The van der Waals surface area contributed by atoms with Gasteiger partial charge in [0.15, 0.2) is 0 Å². The number of hydrazone groups is 1. The summed E-state index contributed by atoms with van der Waals surface area (Å²) in [5, 5.41) is 14.8. The minimum absolute atomic E-state index is 0.120. The molecule has 0 aliphatic carbocycles. The molecule has 10 heteroatoms. The lowest BCUT2D eigenvalue weighted by Gasteiger charge is -2.12. The Morgan fingerprint density at radius 1 is 1.05 bits per heavy atom. The zero-order valence-electron chi connectivity index (χ0n) is 20.7. The molecule has 0 saturated carbocycles. The fraction of sp³-hybridized carbons (Fsp3) is 0.222. The topological polar surface area (TPSA) is 129 Å². The first kappa shape index (κ1) is 26.9. The number of nitro groups is 1. The molecule has 0 unspecified atom stereocenters. The fourth-order valence-corrected chi connectivity index (χ4v) is 3.16. The number of amides is 1. The Balaban J connectivity index is 1.62. The zero-order valence-corrected chi connectivity index (χ0v) is 20.7. The van der Waals surface area contributed by atoms with E-state index in [4.69, 9.17) is 14.2 Å². The second kappa shape index (κ2) is 12.8. The molecule has 0 fully saturated rings. The Morgan fingerprint density at radius 3 is 2.49 bits per heavy atom. The molecular formula is C27H27N3O7. The number of carbonyl (C=O) groups is 2. The predicted octanol–water partition coefficient (Wildman–Crippen LogP) is 4.76. The Bertz CT molecular complexity index is 1290. The third-order valence-corrected chi connectivity index (χ3v) is 5.04. The van der Waals surface area contributed by atoms with Crippen molar-refractivity contribution in [2.45, 2.75) is 20.5 Å². The number of hydrogen-bond acceptors (Lipinski definition) is 8. The number of nitrogens with zero attached hydrogens (tertiary/aromatic N) is 2.